The summed E-state index contributed by atoms with van der Waals surface area (Å²) in [6.45, 7) is 7.80. The number of aromatic nitrogens is 3. The average molecular weight is 388 g/mol. The molecule has 1 aromatic carbocycles. The lowest BCUT2D eigenvalue weighted by Gasteiger charge is -2.10. The van der Waals surface area contributed by atoms with E-state index in [1.807, 2.05) is 74.8 Å². The van der Waals surface area contributed by atoms with Crippen molar-refractivity contribution in [2.24, 2.45) is 0 Å². The van der Waals surface area contributed by atoms with Crippen molar-refractivity contribution in [1.29, 1.82) is 0 Å². The summed E-state index contributed by atoms with van der Waals surface area (Å²) in [6.07, 6.45) is 4.98. The minimum absolute atomic E-state index is 0.0314. The zero-order valence-electron chi connectivity index (χ0n) is 17.1. The van der Waals surface area contributed by atoms with Crippen LogP contribution in [0.4, 0.5) is 5.69 Å². The highest BCUT2D eigenvalue weighted by molar-refractivity contribution is 5.92. The van der Waals surface area contributed by atoms with E-state index >= 15 is 0 Å². The van der Waals surface area contributed by atoms with Gasteiger partial charge in [0, 0.05) is 35.6 Å². The molecule has 0 aliphatic rings. The van der Waals surface area contributed by atoms with Gasteiger partial charge in [0.1, 0.15) is 11.4 Å². The van der Waals surface area contributed by atoms with E-state index in [0.717, 1.165) is 50.7 Å². The highest BCUT2D eigenvalue weighted by Gasteiger charge is 2.13. The van der Waals surface area contributed by atoms with Crippen LogP contribution in [0.5, 0.6) is 0 Å². The lowest BCUT2D eigenvalue weighted by atomic mass is 10.1. The Morgan fingerprint density at radius 1 is 1.14 bits per heavy atom. The first kappa shape index (κ1) is 18.9. The summed E-state index contributed by atoms with van der Waals surface area (Å²) in [5.41, 5.74) is 7.58. The van der Waals surface area contributed by atoms with Gasteiger partial charge in [0.2, 0.25) is 5.91 Å². The SMILES string of the molecule is Cc1ccc(-c2cn3cccc(C)c3n2)cc1NC(=O)CCc1c(C)noc1C. The Morgan fingerprint density at radius 2 is 1.97 bits per heavy atom. The van der Waals surface area contributed by atoms with E-state index in [1.165, 1.54) is 0 Å². The van der Waals surface area contributed by atoms with Gasteiger partial charge >= 0.3 is 0 Å². The van der Waals surface area contributed by atoms with Gasteiger partial charge in [0.15, 0.2) is 0 Å². The van der Waals surface area contributed by atoms with Gasteiger partial charge in [-0.05, 0) is 57.4 Å². The van der Waals surface area contributed by atoms with Crippen LogP contribution in [0.1, 0.15) is 34.6 Å². The van der Waals surface area contributed by atoms with Crippen LogP contribution in [0.2, 0.25) is 0 Å². The van der Waals surface area contributed by atoms with E-state index in [1.54, 1.807) is 0 Å². The van der Waals surface area contributed by atoms with Gasteiger partial charge in [-0.2, -0.15) is 0 Å². The zero-order chi connectivity index (χ0) is 20.5. The molecule has 0 aliphatic heterocycles. The van der Waals surface area contributed by atoms with Crippen LogP contribution in [-0.4, -0.2) is 20.4 Å². The Labute approximate surface area is 169 Å². The number of imidazole rings is 1. The van der Waals surface area contributed by atoms with Crippen molar-refractivity contribution in [3.63, 3.8) is 0 Å². The second-order valence-electron chi connectivity index (χ2n) is 7.43. The number of anilines is 1. The Balaban J connectivity index is 1.53. The highest BCUT2D eigenvalue weighted by atomic mass is 16.5. The van der Waals surface area contributed by atoms with Gasteiger partial charge in [-0.1, -0.05) is 23.4 Å². The van der Waals surface area contributed by atoms with Gasteiger partial charge in [-0.25, -0.2) is 4.98 Å². The smallest absolute Gasteiger partial charge is 0.224 e. The number of benzene rings is 1. The van der Waals surface area contributed by atoms with Crippen LogP contribution in [0.3, 0.4) is 0 Å². The lowest BCUT2D eigenvalue weighted by molar-refractivity contribution is -0.116. The molecule has 3 heterocycles. The number of fused-ring (bicyclic) bond motifs is 1. The molecule has 0 saturated heterocycles. The molecule has 4 aromatic rings. The van der Waals surface area contributed by atoms with Crippen LogP contribution < -0.4 is 5.32 Å². The summed E-state index contributed by atoms with van der Waals surface area (Å²) in [6, 6.07) is 10.1. The summed E-state index contributed by atoms with van der Waals surface area (Å²) in [7, 11) is 0. The zero-order valence-corrected chi connectivity index (χ0v) is 17.1. The predicted octanol–water partition coefficient (Wildman–Crippen LogP) is 4.79. The van der Waals surface area contributed by atoms with Crippen LogP contribution >= 0.6 is 0 Å². The molecule has 6 nitrogen and oxygen atoms in total. The van der Waals surface area contributed by atoms with Crippen molar-refractivity contribution in [2.75, 3.05) is 5.32 Å². The summed E-state index contributed by atoms with van der Waals surface area (Å²) in [5, 5.41) is 6.99. The number of aryl methyl sites for hydroxylation is 4. The Morgan fingerprint density at radius 3 is 2.69 bits per heavy atom. The highest BCUT2D eigenvalue weighted by Crippen LogP contribution is 2.26. The third kappa shape index (κ3) is 3.78. The first-order valence-corrected chi connectivity index (χ1v) is 9.69. The van der Waals surface area contributed by atoms with Crippen molar-refractivity contribution in [3.05, 3.63) is 70.9 Å². The molecule has 0 radical (unpaired) electrons. The van der Waals surface area contributed by atoms with Gasteiger partial charge < -0.3 is 14.2 Å². The van der Waals surface area contributed by atoms with E-state index in [2.05, 4.69) is 10.5 Å². The molecule has 1 N–H and O–H groups in total. The van der Waals surface area contributed by atoms with Crippen molar-refractivity contribution >= 4 is 17.2 Å². The summed E-state index contributed by atoms with van der Waals surface area (Å²) in [4.78, 5) is 17.3. The van der Waals surface area contributed by atoms with Crippen LogP contribution in [0.15, 0.2) is 47.2 Å². The van der Waals surface area contributed by atoms with Crippen molar-refractivity contribution in [2.45, 2.75) is 40.5 Å². The lowest BCUT2D eigenvalue weighted by Crippen LogP contribution is -2.13. The summed E-state index contributed by atoms with van der Waals surface area (Å²) >= 11 is 0. The first-order valence-electron chi connectivity index (χ1n) is 9.69. The molecule has 1 amide bonds. The normalized spacial score (nSPS) is 11.2. The monoisotopic (exact) mass is 388 g/mol. The maximum atomic E-state index is 12.5. The molecule has 0 bridgehead atoms. The fourth-order valence-corrected chi connectivity index (χ4v) is 3.52. The Hall–Kier alpha value is -3.41. The number of carbonyl (C=O) groups is 1. The standard InChI is InChI=1S/C23H24N4O2/c1-14-7-8-18(21-13-27-11-5-6-15(2)23(27)25-21)12-20(14)24-22(28)10-9-19-16(3)26-29-17(19)4/h5-8,11-13H,9-10H2,1-4H3,(H,24,28). The molecule has 29 heavy (non-hydrogen) atoms. The topological polar surface area (TPSA) is 72.4 Å². The third-order valence-electron chi connectivity index (χ3n) is 5.27. The number of nitrogens with one attached hydrogen (secondary N) is 1. The van der Waals surface area contributed by atoms with Crippen molar-refractivity contribution in [1.82, 2.24) is 14.5 Å². The number of carbonyl (C=O) groups excluding carboxylic acids is 1. The number of amides is 1. The van der Waals surface area contributed by atoms with Gasteiger partial charge in [0.05, 0.1) is 11.4 Å². The van der Waals surface area contributed by atoms with Crippen molar-refractivity contribution in [3.8, 4) is 11.3 Å². The van der Waals surface area contributed by atoms with E-state index in [-0.39, 0.29) is 5.91 Å². The molecule has 6 heteroatoms. The van der Waals surface area contributed by atoms with Gasteiger partial charge in [-0.15, -0.1) is 0 Å². The fourth-order valence-electron chi connectivity index (χ4n) is 3.52. The average Bonchev–Trinajstić information content (AvgIpc) is 3.26. The maximum absolute atomic E-state index is 12.5. The molecule has 0 fully saturated rings. The molecule has 0 unspecified atom stereocenters. The van der Waals surface area contributed by atoms with Gasteiger partial charge in [-0.3, -0.25) is 4.79 Å². The van der Waals surface area contributed by atoms with E-state index in [0.29, 0.717) is 12.8 Å². The van der Waals surface area contributed by atoms with Gasteiger partial charge in [0.25, 0.3) is 0 Å². The summed E-state index contributed by atoms with van der Waals surface area (Å²) in [5.74, 6) is 0.742. The first-order chi connectivity index (χ1) is 13.9. The number of hydrogen-bond acceptors (Lipinski definition) is 4. The van der Waals surface area contributed by atoms with E-state index in [4.69, 9.17) is 9.51 Å². The molecule has 4 rings (SSSR count). The number of rotatable bonds is 5. The maximum Gasteiger partial charge on any atom is 0.224 e. The number of hydrogen-bond donors (Lipinski definition) is 1. The number of nitrogens with zero attached hydrogens (tertiary/aromatic N) is 3. The predicted molar refractivity (Wildman–Crippen MR) is 113 cm³/mol. The second kappa shape index (κ2) is 7.54. The minimum atomic E-state index is -0.0314. The molecule has 0 aliphatic carbocycles. The van der Waals surface area contributed by atoms with E-state index in [9.17, 15) is 4.79 Å². The van der Waals surface area contributed by atoms with Crippen LogP contribution in [-0.2, 0) is 11.2 Å². The third-order valence-corrected chi connectivity index (χ3v) is 5.27. The van der Waals surface area contributed by atoms with E-state index < -0.39 is 0 Å². The fraction of sp³-hybridized carbons (Fsp3) is 0.261. The molecule has 0 spiro atoms. The quantitative estimate of drug-likeness (QED) is 0.533. The second-order valence-corrected chi connectivity index (χ2v) is 7.43. The summed E-state index contributed by atoms with van der Waals surface area (Å²) < 4.78 is 7.19. The van der Waals surface area contributed by atoms with Crippen LogP contribution in [0.25, 0.3) is 16.9 Å². The minimum Gasteiger partial charge on any atom is -0.361 e. The molecule has 0 saturated carbocycles. The molecule has 148 valence electrons. The Kier molecular flexibility index (Phi) is 4.92. The molecular formula is C23H24N4O2. The van der Waals surface area contributed by atoms with Crippen LogP contribution in [0, 0.1) is 27.7 Å². The molecule has 3 aromatic heterocycles. The Bertz CT molecular complexity index is 1180. The molecular weight excluding hydrogens is 364 g/mol. The largest absolute Gasteiger partial charge is 0.361 e. The molecule has 0 atom stereocenters. The van der Waals surface area contributed by atoms with Crippen molar-refractivity contribution < 1.29 is 9.32 Å². The number of pyridine rings is 1.